The van der Waals surface area contributed by atoms with Crippen LogP contribution in [-0.2, 0) is 9.84 Å². The zero-order valence-electron chi connectivity index (χ0n) is 13.0. The van der Waals surface area contributed by atoms with Crippen molar-refractivity contribution < 1.29 is 31.5 Å². The van der Waals surface area contributed by atoms with Crippen LogP contribution in [0, 0.1) is 0 Å². The van der Waals surface area contributed by atoms with E-state index in [1.807, 2.05) is 0 Å². The number of halogens is 2. The fraction of sp³-hybridized carbons (Fsp3) is 0.188. The predicted octanol–water partition coefficient (Wildman–Crippen LogP) is 3.05. The molecule has 132 valence electrons. The number of ether oxygens (including phenoxy) is 2. The molecule has 0 radical (unpaired) electrons. The van der Waals surface area contributed by atoms with E-state index in [1.54, 1.807) is 0 Å². The quantitative estimate of drug-likeness (QED) is 0.896. The highest BCUT2D eigenvalue weighted by Gasteiger charge is 2.43. The number of carbonyl (C=O) groups excluding carboxylic acids is 1. The van der Waals surface area contributed by atoms with Crippen molar-refractivity contribution in [3.05, 3.63) is 48.0 Å². The maximum absolute atomic E-state index is 13.0. The lowest BCUT2D eigenvalue weighted by Crippen LogP contribution is -2.25. The largest absolute Gasteiger partial charge is 0.586 e. The summed E-state index contributed by atoms with van der Waals surface area (Å²) in [5.41, 5.74) is 0.126. The molecule has 0 bridgehead atoms. The number of sulfone groups is 1. The summed E-state index contributed by atoms with van der Waals surface area (Å²) >= 11 is 0. The Morgan fingerprint density at radius 1 is 1.12 bits per heavy atom. The molecule has 0 saturated carbocycles. The van der Waals surface area contributed by atoms with Gasteiger partial charge in [0.05, 0.1) is 16.2 Å². The van der Waals surface area contributed by atoms with Crippen LogP contribution in [0.5, 0.6) is 11.5 Å². The van der Waals surface area contributed by atoms with E-state index < -0.39 is 22.0 Å². The normalized spacial score (nSPS) is 15.0. The fourth-order valence-electron chi connectivity index (χ4n) is 2.31. The van der Waals surface area contributed by atoms with Gasteiger partial charge in [0.25, 0.3) is 5.91 Å². The van der Waals surface area contributed by atoms with Crippen molar-refractivity contribution in [1.82, 2.24) is 0 Å². The molecule has 1 aliphatic rings. The topological polar surface area (TPSA) is 81.7 Å². The van der Waals surface area contributed by atoms with Crippen molar-refractivity contribution in [2.75, 3.05) is 11.1 Å². The van der Waals surface area contributed by atoms with E-state index in [0.717, 1.165) is 0 Å². The van der Waals surface area contributed by atoms with Crippen molar-refractivity contribution >= 4 is 21.4 Å². The third kappa shape index (κ3) is 3.41. The fourth-order valence-corrected chi connectivity index (χ4v) is 3.40. The summed E-state index contributed by atoms with van der Waals surface area (Å²) in [6.45, 7) is 1.47. The Kier molecular flexibility index (Phi) is 4.11. The lowest BCUT2D eigenvalue weighted by molar-refractivity contribution is -0.286. The third-order valence-corrected chi connectivity index (χ3v) is 5.29. The minimum absolute atomic E-state index is 0.0349. The zero-order valence-corrected chi connectivity index (χ0v) is 13.8. The van der Waals surface area contributed by atoms with Gasteiger partial charge >= 0.3 is 6.29 Å². The van der Waals surface area contributed by atoms with E-state index in [4.69, 9.17) is 0 Å². The minimum Gasteiger partial charge on any atom is -0.395 e. The van der Waals surface area contributed by atoms with E-state index in [0.29, 0.717) is 0 Å². The molecule has 0 atom stereocenters. The number of hydrogen-bond donors (Lipinski definition) is 1. The molecule has 0 aliphatic carbocycles. The summed E-state index contributed by atoms with van der Waals surface area (Å²) in [5, 5.41) is 2.47. The van der Waals surface area contributed by atoms with Gasteiger partial charge in [0.2, 0.25) is 0 Å². The Labute approximate surface area is 142 Å². The molecule has 2 aromatic carbocycles. The van der Waals surface area contributed by atoms with Crippen LogP contribution in [0.3, 0.4) is 0 Å². The van der Waals surface area contributed by atoms with E-state index in [2.05, 4.69) is 14.8 Å². The first-order chi connectivity index (χ1) is 11.7. The molecule has 6 nitrogen and oxygen atoms in total. The number of amides is 1. The Balaban J connectivity index is 1.88. The second-order valence-electron chi connectivity index (χ2n) is 5.18. The average Bonchev–Trinajstić information content (AvgIpc) is 2.88. The summed E-state index contributed by atoms with van der Waals surface area (Å²) < 4.78 is 58.8. The van der Waals surface area contributed by atoms with Gasteiger partial charge in [-0.25, -0.2) is 8.42 Å². The highest BCUT2D eigenvalue weighted by Crippen LogP contribution is 2.42. The second-order valence-corrected chi connectivity index (χ2v) is 7.43. The molecule has 1 heterocycles. The first kappa shape index (κ1) is 17.2. The Bertz CT molecular complexity index is 943. The van der Waals surface area contributed by atoms with Gasteiger partial charge in [0, 0.05) is 11.8 Å². The molecular formula is C16H13F2NO5S. The van der Waals surface area contributed by atoms with Gasteiger partial charge in [0.15, 0.2) is 21.3 Å². The van der Waals surface area contributed by atoms with Crippen LogP contribution in [0.25, 0.3) is 0 Å². The average molecular weight is 369 g/mol. The highest BCUT2D eigenvalue weighted by molar-refractivity contribution is 7.91. The van der Waals surface area contributed by atoms with E-state index in [9.17, 15) is 22.0 Å². The number of rotatable bonds is 4. The van der Waals surface area contributed by atoms with E-state index in [-0.39, 0.29) is 33.4 Å². The molecule has 0 aromatic heterocycles. The van der Waals surface area contributed by atoms with Gasteiger partial charge < -0.3 is 14.8 Å². The molecule has 0 spiro atoms. The van der Waals surface area contributed by atoms with Gasteiger partial charge in [-0.2, -0.15) is 0 Å². The number of carbonyl (C=O) groups is 1. The zero-order chi connectivity index (χ0) is 18.2. The number of hydrogen-bond acceptors (Lipinski definition) is 5. The van der Waals surface area contributed by atoms with Crippen LogP contribution in [0.4, 0.5) is 14.5 Å². The minimum atomic E-state index is -3.76. The number of fused-ring (bicyclic) bond motifs is 1. The van der Waals surface area contributed by atoms with Crippen LogP contribution in [0.2, 0.25) is 0 Å². The molecule has 0 unspecified atom stereocenters. The maximum Gasteiger partial charge on any atom is 0.586 e. The predicted molar refractivity (Wildman–Crippen MR) is 84.8 cm³/mol. The second kappa shape index (κ2) is 5.99. The smallest absolute Gasteiger partial charge is 0.395 e. The van der Waals surface area contributed by atoms with Crippen molar-refractivity contribution in [1.29, 1.82) is 0 Å². The van der Waals surface area contributed by atoms with Crippen molar-refractivity contribution in [3.63, 3.8) is 0 Å². The number of benzene rings is 2. The summed E-state index contributed by atoms with van der Waals surface area (Å²) in [5.74, 6) is -1.22. The van der Waals surface area contributed by atoms with E-state index >= 15 is 0 Å². The lowest BCUT2D eigenvalue weighted by Gasteiger charge is -2.10. The molecule has 1 aliphatic heterocycles. The summed E-state index contributed by atoms with van der Waals surface area (Å²) in [4.78, 5) is 12.3. The van der Waals surface area contributed by atoms with Gasteiger partial charge in [-0.15, -0.1) is 8.78 Å². The lowest BCUT2D eigenvalue weighted by atomic mass is 10.2. The molecule has 3 rings (SSSR count). The first-order valence-corrected chi connectivity index (χ1v) is 8.90. The molecular weight excluding hydrogens is 356 g/mol. The van der Waals surface area contributed by atoms with Gasteiger partial charge in [-0.05, 0) is 24.3 Å². The monoisotopic (exact) mass is 369 g/mol. The van der Waals surface area contributed by atoms with Crippen molar-refractivity contribution in [3.8, 4) is 11.5 Å². The number of nitrogens with one attached hydrogen (secondary N) is 1. The van der Waals surface area contributed by atoms with Crippen LogP contribution in [-0.4, -0.2) is 26.4 Å². The SMILES string of the molecule is CCS(=O)(=O)c1ccccc1C(=O)Nc1ccc2c(c1)OC(F)(F)O2. The Morgan fingerprint density at radius 2 is 1.80 bits per heavy atom. The summed E-state index contributed by atoms with van der Waals surface area (Å²) in [6, 6.07) is 9.50. The van der Waals surface area contributed by atoms with Crippen molar-refractivity contribution in [2.45, 2.75) is 18.1 Å². The number of anilines is 1. The molecule has 9 heteroatoms. The Morgan fingerprint density at radius 3 is 2.52 bits per heavy atom. The molecule has 2 aromatic rings. The Hall–Kier alpha value is -2.68. The van der Waals surface area contributed by atoms with Crippen LogP contribution >= 0.6 is 0 Å². The van der Waals surface area contributed by atoms with Crippen LogP contribution < -0.4 is 14.8 Å². The molecule has 25 heavy (non-hydrogen) atoms. The van der Waals surface area contributed by atoms with Crippen molar-refractivity contribution in [2.24, 2.45) is 0 Å². The summed E-state index contributed by atoms with van der Waals surface area (Å²) in [7, 11) is -3.60. The molecule has 0 saturated heterocycles. The highest BCUT2D eigenvalue weighted by atomic mass is 32.2. The molecule has 0 fully saturated rings. The van der Waals surface area contributed by atoms with Gasteiger partial charge in [-0.1, -0.05) is 19.1 Å². The summed E-state index contributed by atoms with van der Waals surface area (Å²) in [6.07, 6.45) is -3.76. The van der Waals surface area contributed by atoms with E-state index in [1.165, 1.54) is 49.4 Å². The van der Waals surface area contributed by atoms with Crippen LogP contribution in [0.15, 0.2) is 47.4 Å². The maximum atomic E-state index is 13.0. The molecule has 1 N–H and O–H groups in total. The van der Waals surface area contributed by atoms with Gasteiger partial charge in [-0.3, -0.25) is 4.79 Å². The third-order valence-electron chi connectivity index (χ3n) is 3.51. The standard InChI is InChI=1S/C16H13F2NO5S/c1-2-25(21,22)14-6-4-3-5-11(14)15(20)19-10-7-8-12-13(9-10)24-16(17,18)23-12/h3-9H,2H2,1H3,(H,19,20). The number of alkyl halides is 2. The van der Waals surface area contributed by atoms with Crippen LogP contribution in [0.1, 0.15) is 17.3 Å². The molecule has 1 amide bonds. The van der Waals surface area contributed by atoms with Gasteiger partial charge in [0.1, 0.15) is 0 Å². The first-order valence-electron chi connectivity index (χ1n) is 7.25.